The largest absolute Gasteiger partial charge is 0.359 e. The zero-order valence-corrected chi connectivity index (χ0v) is 11.5. The average Bonchev–Trinajstić information content (AvgIpc) is 2.88. The van der Waals surface area contributed by atoms with Gasteiger partial charge in [-0.15, -0.1) is 0 Å². The summed E-state index contributed by atoms with van der Waals surface area (Å²) < 4.78 is 1.91. The molecule has 17 heavy (non-hydrogen) atoms. The van der Waals surface area contributed by atoms with Gasteiger partial charge in [0, 0.05) is 43.2 Å². The molecule has 1 aliphatic heterocycles. The fourth-order valence-electron chi connectivity index (χ4n) is 1.75. The van der Waals surface area contributed by atoms with Crippen molar-refractivity contribution in [2.75, 3.05) is 12.3 Å². The highest BCUT2D eigenvalue weighted by molar-refractivity contribution is 8.14. The molecule has 0 amide bonds. The molecule has 0 aromatic carbocycles. The van der Waals surface area contributed by atoms with Gasteiger partial charge in [-0.3, -0.25) is 9.67 Å². The van der Waals surface area contributed by atoms with E-state index in [-0.39, 0.29) is 5.54 Å². The summed E-state index contributed by atoms with van der Waals surface area (Å²) in [7, 11) is 1.97. The Balaban J connectivity index is 1.85. The number of thioether (sulfide) groups is 1. The molecule has 0 spiro atoms. The highest BCUT2D eigenvalue weighted by Crippen LogP contribution is 2.25. The molecular formula is C12H20N4S. The molecule has 1 aromatic rings. The van der Waals surface area contributed by atoms with E-state index in [0.717, 1.165) is 30.3 Å². The van der Waals surface area contributed by atoms with Gasteiger partial charge in [0.25, 0.3) is 0 Å². The molecule has 5 heteroatoms. The Kier molecular flexibility index (Phi) is 3.76. The Morgan fingerprint density at radius 3 is 3.06 bits per heavy atom. The highest BCUT2D eigenvalue weighted by Gasteiger charge is 2.30. The van der Waals surface area contributed by atoms with E-state index >= 15 is 0 Å². The van der Waals surface area contributed by atoms with Crippen molar-refractivity contribution in [2.45, 2.75) is 32.2 Å². The zero-order chi connectivity index (χ0) is 12.3. The topological polar surface area (TPSA) is 42.2 Å². The van der Waals surface area contributed by atoms with Crippen LogP contribution in [0.25, 0.3) is 0 Å². The van der Waals surface area contributed by atoms with E-state index in [2.05, 4.69) is 29.3 Å². The number of aromatic nitrogens is 2. The lowest BCUT2D eigenvalue weighted by Crippen LogP contribution is -2.39. The number of hydrogen-bond donors (Lipinski definition) is 1. The summed E-state index contributed by atoms with van der Waals surface area (Å²) in [5.41, 5.74) is 1.46. The molecule has 1 unspecified atom stereocenters. The number of aryl methyl sites for hydroxylation is 1. The second-order valence-electron chi connectivity index (χ2n) is 4.71. The minimum absolute atomic E-state index is 0.232. The molecule has 2 rings (SSSR count). The fourth-order valence-corrected chi connectivity index (χ4v) is 2.98. The SMILES string of the molecule is CCC1(C)CSC(=NCCc2ccnn2C)N1. The van der Waals surface area contributed by atoms with Gasteiger partial charge in [-0.1, -0.05) is 18.7 Å². The first kappa shape index (κ1) is 12.5. The monoisotopic (exact) mass is 252 g/mol. The molecule has 1 fully saturated rings. The molecule has 0 aliphatic carbocycles. The van der Waals surface area contributed by atoms with Crippen molar-refractivity contribution >= 4 is 16.9 Å². The Labute approximate surface area is 107 Å². The van der Waals surface area contributed by atoms with Gasteiger partial charge in [0.15, 0.2) is 5.17 Å². The van der Waals surface area contributed by atoms with Crippen LogP contribution in [0, 0.1) is 0 Å². The minimum Gasteiger partial charge on any atom is -0.359 e. The van der Waals surface area contributed by atoms with Crippen LogP contribution in [-0.2, 0) is 13.5 Å². The molecule has 2 heterocycles. The zero-order valence-electron chi connectivity index (χ0n) is 10.7. The van der Waals surface area contributed by atoms with Crippen LogP contribution in [0.5, 0.6) is 0 Å². The molecule has 1 aromatic heterocycles. The van der Waals surface area contributed by atoms with E-state index in [1.54, 1.807) is 0 Å². The lowest BCUT2D eigenvalue weighted by molar-refractivity contribution is 0.466. The third kappa shape index (κ3) is 3.03. The number of nitrogens with zero attached hydrogens (tertiary/aromatic N) is 3. The lowest BCUT2D eigenvalue weighted by Gasteiger charge is -2.20. The van der Waals surface area contributed by atoms with Crippen LogP contribution in [-0.4, -0.2) is 32.8 Å². The van der Waals surface area contributed by atoms with Gasteiger partial charge in [-0.2, -0.15) is 5.10 Å². The second-order valence-corrected chi connectivity index (χ2v) is 5.67. The summed E-state index contributed by atoms with van der Waals surface area (Å²) >= 11 is 1.83. The minimum atomic E-state index is 0.232. The molecule has 0 radical (unpaired) electrons. The molecule has 94 valence electrons. The van der Waals surface area contributed by atoms with Gasteiger partial charge in [0.1, 0.15) is 0 Å². The molecule has 1 aliphatic rings. The Hall–Kier alpha value is -0.970. The van der Waals surface area contributed by atoms with Crippen LogP contribution in [0.3, 0.4) is 0 Å². The summed E-state index contributed by atoms with van der Waals surface area (Å²) in [4.78, 5) is 4.61. The molecule has 1 N–H and O–H groups in total. The van der Waals surface area contributed by atoms with Crippen molar-refractivity contribution < 1.29 is 0 Å². The van der Waals surface area contributed by atoms with Crippen molar-refractivity contribution in [1.82, 2.24) is 15.1 Å². The lowest BCUT2D eigenvalue weighted by atomic mass is 10.0. The molecule has 1 saturated heterocycles. The number of rotatable bonds is 4. The van der Waals surface area contributed by atoms with E-state index in [1.165, 1.54) is 5.69 Å². The first-order valence-electron chi connectivity index (χ1n) is 6.05. The van der Waals surface area contributed by atoms with Crippen LogP contribution in [0.1, 0.15) is 26.0 Å². The molecule has 4 nitrogen and oxygen atoms in total. The van der Waals surface area contributed by atoms with Crippen molar-refractivity contribution in [1.29, 1.82) is 0 Å². The summed E-state index contributed by atoms with van der Waals surface area (Å²) in [6, 6.07) is 2.05. The normalized spacial score (nSPS) is 26.4. The number of aliphatic imine (C=N–C) groups is 1. The van der Waals surface area contributed by atoms with Crippen LogP contribution in [0.15, 0.2) is 17.3 Å². The maximum Gasteiger partial charge on any atom is 0.157 e. The maximum atomic E-state index is 4.61. The number of hydrogen-bond acceptors (Lipinski definition) is 3. The fraction of sp³-hybridized carbons (Fsp3) is 0.667. The van der Waals surface area contributed by atoms with Crippen molar-refractivity contribution in [3.05, 3.63) is 18.0 Å². The predicted octanol–water partition coefficient (Wildman–Crippen LogP) is 1.82. The van der Waals surface area contributed by atoms with E-state index in [9.17, 15) is 0 Å². The highest BCUT2D eigenvalue weighted by atomic mass is 32.2. The van der Waals surface area contributed by atoms with Crippen molar-refractivity contribution in [2.24, 2.45) is 12.0 Å². The summed E-state index contributed by atoms with van der Waals surface area (Å²) in [5.74, 6) is 1.12. The quantitative estimate of drug-likeness (QED) is 0.889. The third-order valence-electron chi connectivity index (χ3n) is 3.26. The Morgan fingerprint density at radius 2 is 2.47 bits per heavy atom. The van der Waals surface area contributed by atoms with Gasteiger partial charge >= 0.3 is 0 Å². The van der Waals surface area contributed by atoms with Crippen LogP contribution in [0.2, 0.25) is 0 Å². The average molecular weight is 252 g/mol. The van der Waals surface area contributed by atoms with Crippen LogP contribution in [0.4, 0.5) is 0 Å². The summed E-state index contributed by atoms with van der Waals surface area (Å²) in [6.07, 6.45) is 3.92. The maximum absolute atomic E-state index is 4.61. The van der Waals surface area contributed by atoms with Gasteiger partial charge < -0.3 is 5.32 Å². The van der Waals surface area contributed by atoms with Gasteiger partial charge in [-0.05, 0) is 19.4 Å². The van der Waals surface area contributed by atoms with Crippen molar-refractivity contribution in [3.63, 3.8) is 0 Å². The Bertz CT molecular complexity index is 412. The van der Waals surface area contributed by atoms with E-state index in [0.29, 0.717) is 0 Å². The molecule has 1 atom stereocenters. The van der Waals surface area contributed by atoms with Crippen LogP contribution < -0.4 is 5.32 Å². The molecular weight excluding hydrogens is 232 g/mol. The second kappa shape index (κ2) is 5.12. The predicted molar refractivity (Wildman–Crippen MR) is 73.5 cm³/mol. The van der Waals surface area contributed by atoms with Gasteiger partial charge in [0.05, 0.1) is 0 Å². The van der Waals surface area contributed by atoms with E-state index in [1.807, 2.05) is 35.8 Å². The third-order valence-corrected chi connectivity index (χ3v) is 4.55. The van der Waals surface area contributed by atoms with Crippen LogP contribution >= 0.6 is 11.8 Å². The number of nitrogens with one attached hydrogen (secondary N) is 1. The van der Waals surface area contributed by atoms with E-state index in [4.69, 9.17) is 0 Å². The molecule has 0 bridgehead atoms. The smallest absolute Gasteiger partial charge is 0.157 e. The standard InChI is InChI=1S/C12H20N4S/c1-4-12(2)9-17-11(15-12)13-7-5-10-6-8-14-16(10)3/h6,8H,4-5,7,9H2,1-3H3,(H,13,15). The molecule has 0 saturated carbocycles. The van der Waals surface area contributed by atoms with E-state index < -0.39 is 0 Å². The van der Waals surface area contributed by atoms with Gasteiger partial charge in [-0.25, -0.2) is 0 Å². The van der Waals surface area contributed by atoms with Gasteiger partial charge in [0.2, 0.25) is 0 Å². The summed E-state index contributed by atoms with van der Waals surface area (Å²) in [5, 5.41) is 8.75. The van der Waals surface area contributed by atoms with Crippen molar-refractivity contribution in [3.8, 4) is 0 Å². The summed E-state index contributed by atoms with van der Waals surface area (Å²) in [6.45, 7) is 5.30. The number of amidine groups is 1. The first-order chi connectivity index (χ1) is 8.13. The Morgan fingerprint density at radius 1 is 1.65 bits per heavy atom. The first-order valence-corrected chi connectivity index (χ1v) is 7.04.